The standard InChI is InChI=1S/C16H12N2O2/c1-2-8-13-11(15(19)18-16(13)20)7-10-9-5-3-4-6-12(9)17-14(8)10/h3-7,17H,2H2,1H3,(H,18,19,20). The smallest absolute Gasteiger partial charge is 0.259 e. The average molecular weight is 264 g/mol. The number of aryl methyl sites for hydroxylation is 1. The van der Waals surface area contributed by atoms with Crippen molar-refractivity contribution in [2.24, 2.45) is 0 Å². The Morgan fingerprint density at radius 2 is 1.85 bits per heavy atom. The number of aromatic amines is 1. The summed E-state index contributed by atoms with van der Waals surface area (Å²) in [5.74, 6) is -0.589. The third kappa shape index (κ3) is 1.25. The Hall–Kier alpha value is -2.62. The van der Waals surface area contributed by atoms with Crippen LogP contribution in [0.1, 0.15) is 33.2 Å². The molecule has 1 aliphatic heterocycles. The van der Waals surface area contributed by atoms with Crippen molar-refractivity contribution < 1.29 is 9.59 Å². The van der Waals surface area contributed by atoms with Crippen molar-refractivity contribution in [3.05, 3.63) is 47.0 Å². The van der Waals surface area contributed by atoms with Gasteiger partial charge in [-0.15, -0.1) is 0 Å². The number of amides is 2. The van der Waals surface area contributed by atoms with Gasteiger partial charge in [0, 0.05) is 16.3 Å². The molecule has 0 saturated carbocycles. The van der Waals surface area contributed by atoms with Crippen molar-refractivity contribution in [2.45, 2.75) is 13.3 Å². The van der Waals surface area contributed by atoms with Gasteiger partial charge in [0.1, 0.15) is 0 Å². The topological polar surface area (TPSA) is 62.0 Å². The molecule has 2 N–H and O–H groups in total. The molecule has 2 amide bonds. The van der Waals surface area contributed by atoms with Gasteiger partial charge in [-0.25, -0.2) is 0 Å². The molecule has 0 bridgehead atoms. The van der Waals surface area contributed by atoms with Crippen molar-refractivity contribution in [1.29, 1.82) is 0 Å². The molecule has 4 rings (SSSR count). The van der Waals surface area contributed by atoms with Gasteiger partial charge in [0.25, 0.3) is 11.8 Å². The van der Waals surface area contributed by atoms with E-state index in [1.54, 1.807) is 0 Å². The van der Waals surface area contributed by atoms with Gasteiger partial charge in [0.2, 0.25) is 0 Å². The summed E-state index contributed by atoms with van der Waals surface area (Å²) in [7, 11) is 0. The zero-order valence-corrected chi connectivity index (χ0v) is 10.9. The summed E-state index contributed by atoms with van der Waals surface area (Å²) in [4.78, 5) is 27.2. The molecule has 1 aliphatic rings. The summed E-state index contributed by atoms with van der Waals surface area (Å²) in [5, 5.41) is 4.45. The second-order valence-corrected chi connectivity index (χ2v) is 5.01. The summed E-state index contributed by atoms with van der Waals surface area (Å²) >= 11 is 0. The maximum atomic E-state index is 12.0. The lowest BCUT2D eigenvalue weighted by molar-refractivity contribution is 0.0879. The number of aromatic nitrogens is 1. The van der Waals surface area contributed by atoms with Crippen molar-refractivity contribution >= 4 is 33.6 Å². The number of carbonyl (C=O) groups excluding carboxylic acids is 2. The van der Waals surface area contributed by atoms with Gasteiger partial charge in [-0.2, -0.15) is 0 Å². The Kier molecular flexibility index (Phi) is 2.07. The maximum Gasteiger partial charge on any atom is 0.259 e. The summed E-state index contributed by atoms with van der Waals surface area (Å²) in [6.07, 6.45) is 0.702. The van der Waals surface area contributed by atoms with Crippen LogP contribution in [0.5, 0.6) is 0 Å². The van der Waals surface area contributed by atoms with E-state index in [-0.39, 0.29) is 11.8 Å². The molecule has 4 nitrogen and oxygen atoms in total. The van der Waals surface area contributed by atoms with Gasteiger partial charge < -0.3 is 4.98 Å². The van der Waals surface area contributed by atoms with E-state index in [2.05, 4.69) is 10.3 Å². The molecule has 0 saturated heterocycles. The van der Waals surface area contributed by atoms with Gasteiger partial charge >= 0.3 is 0 Å². The maximum absolute atomic E-state index is 12.0. The van der Waals surface area contributed by atoms with E-state index < -0.39 is 0 Å². The molecule has 2 aromatic carbocycles. The van der Waals surface area contributed by atoms with Crippen LogP contribution in [0.4, 0.5) is 0 Å². The summed E-state index contributed by atoms with van der Waals surface area (Å²) < 4.78 is 0. The fraction of sp³-hybridized carbons (Fsp3) is 0.125. The lowest BCUT2D eigenvalue weighted by Gasteiger charge is -2.05. The van der Waals surface area contributed by atoms with Gasteiger partial charge in [0.05, 0.1) is 16.6 Å². The van der Waals surface area contributed by atoms with Crippen LogP contribution in [0, 0.1) is 0 Å². The number of nitrogens with one attached hydrogen (secondary N) is 2. The van der Waals surface area contributed by atoms with E-state index in [4.69, 9.17) is 0 Å². The van der Waals surface area contributed by atoms with Crippen molar-refractivity contribution in [3.8, 4) is 0 Å². The van der Waals surface area contributed by atoms with E-state index in [9.17, 15) is 9.59 Å². The molecule has 0 atom stereocenters. The number of imide groups is 1. The van der Waals surface area contributed by atoms with Gasteiger partial charge in [-0.1, -0.05) is 25.1 Å². The van der Waals surface area contributed by atoms with E-state index in [1.807, 2.05) is 37.3 Å². The molecule has 4 heteroatoms. The SMILES string of the molecule is CCc1c2c(cc3c1[nH]c1ccccc13)C(=O)NC2=O. The Labute approximate surface area is 114 Å². The monoisotopic (exact) mass is 264 g/mol. The number of hydrogen-bond donors (Lipinski definition) is 2. The van der Waals surface area contributed by atoms with Crippen molar-refractivity contribution in [1.82, 2.24) is 10.3 Å². The molecule has 20 heavy (non-hydrogen) atoms. The molecule has 0 fully saturated rings. The quantitative estimate of drug-likeness (QED) is 0.664. The van der Waals surface area contributed by atoms with Crippen LogP contribution in [0.15, 0.2) is 30.3 Å². The molecule has 0 radical (unpaired) electrons. The number of benzene rings is 2. The van der Waals surface area contributed by atoms with Crippen LogP contribution in [0.3, 0.4) is 0 Å². The van der Waals surface area contributed by atoms with Crippen LogP contribution in [0.25, 0.3) is 21.8 Å². The number of fused-ring (bicyclic) bond motifs is 4. The molecule has 98 valence electrons. The Morgan fingerprint density at radius 3 is 2.65 bits per heavy atom. The minimum atomic E-state index is -0.299. The van der Waals surface area contributed by atoms with Gasteiger partial charge in [-0.3, -0.25) is 14.9 Å². The highest BCUT2D eigenvalue weighted by atomic mass is 16.2. The first kappa shape index (κ1) is 11.2. The minimum absolute atomic E-state index is 0.289. The minimum Gasteiger partial charge on any atom is -0.354 e. The average Bonchev–Trinajstić information content (AvgIpc) is 2.95. The number of para-hydroxylation sites is 1. The lowest BCUT2D eigenvalue weighted by atomic mass is 9.97. The van der Waals surface area contributed by atoms with Crippen LogP contribution in [-0.2, 0) is 6.42 Å². The van der Waals surface area contributed by atoms with E-state index in [0.29, 0.717) is 17.5 Å². The van der Waals surface area contributed by atoms with Gasteiger partial charge in [-0.05, 0) is 24.1 Å². The molecule has 0 unspecified atom stereocenters. The molecular weight excluding hydrogens is 252 g/mol. The summed E-state index contributed by atoms with van der Waals surface area (Å²) in [6.45, 7) is 2.00. The van der Waals surface area contributed by atoms with Crippen LogP contribution in [0.2, 0.25) is 0 Å². The lowest BCUT2D eigenvalue weighted by Crippen LogP contribution is -2.20. The number of hydrogen-bond acceptors (Lipinski definition) is 2. The summed E-state index contributed by atoms with van der Waals surface area (Å²) in [6, 6.07) is 9.79. The number of carbonyl (C=O) groups is 2. The first-order chi connectivity index (χ1) is 9.70. The molecule has 2 heterocycles. The molecular formula is C16H12N2O2. The fourth-order valence-electron chi connectivity index (χ4n) is 3.08. The molecule has 1 aromatic heterocycles. The Morgan fingerprint density at radius 1 is 1.05 bits per heavy atom. The normalized spacial score (nSPS) is 14.1. The third-order valence-electron chi connectivity index (χ3n) is 3.96. The predicted molar refractivity (Wildman–Crippen MR) is 77.0 cm³/mol. The van der Waals surface area contributed by atoms with Crippen molar-refractivity contribution in [3.63, 3.8) is 0 Å². The highest BCUT2D eigenvalue weighted by Crippen LogP contribution is 2.33. The second-order valence-electron chi connectivity index (χ2n) is 5.01. The second kappa shape index (κ2) is 3.70. The number of H-pyrrole nitrogens is 1. The van der Waals surface area contributed by atoms with Gasteiger partial charge in [0.15, 0.2) is 0 Å². The molecule has 0 spiro atoms. The van der Waals surface area contributed by atoms with Crippen LogP contribution < -0.4 is 5.32 Å². The Balaban J connectivity index is 2.25. The highest BCUT2D eigenvalue weighted by Gasteiger charge is 2.31. The van der Waals surface area contributed by atoms with Crippen LogP contribution >= 0.6 is 0 Å². The highest BCUT2D eigenvalue weighted by molar-refractivity contribution is 6.25. The Bertz CT molecular complexity index is 906. The largest absolute Gasteiger partial charge is 0.354 e. The summed E-state index contributed by atoms with van der Waals surface area (Å²) in [5.41, 5.74) is 3.91. The zero-order valence-electron chi connectivity index (χ0n) is 10.9. The first-order valence-corrected chi connectivity index (χ1v) is 6.62. The van der Waals surface area contributed by atoms with Crippen LogP contribution in [-0.4, -0.2) is 16.8 Å². The first-order valence-electron chi connectivity index (χ1n) is 6.62. The van der Waals surface area contributed by atoms with E-state index >= 15 is 0 Å². The molecule has 3 aromatic rings. The zero-order chi connectivity index (χ0) is 13.9. The van der Waals surface area contributed by atoms with Crippen molar-refractivity contribution in [2.75, 3.05) is 0 Å². The van der Waals surface area contributed by atoms with E-state index in [0.717, 1.165) is 27.4 Å². The number of rotatable bonds is 1. The molecule has 0 aliphatic carbocycles. The predicted octanol–water partition coefficient (Wildman–Crippen LogP) is 2.77. The third-order valence-corrected chi connectivity index (χ3v) is 3.96. The van der Waals surface area contributed by atoms with E-state index in [1.165, 1.54) is 0 Å². The fourth-order valence-corrected chi connectivity index (χ4v) is 3.08.